The Morgan fingerprint density at radius 3 is 2.50 bits per heavy atom. The second kappa shape index (κ2) is 8.07. The molecular weight excluding hydrogens is 384 g/mol. The lowest BCUT2D eigenvalue weighted by atomic mass is 10.1. The molecule has 0 spiro atoms. The predicted molar refractivity (Wildman–Crippen MR) is 104 cm³/mol. The van der Waals surface area contributed by atoms with Crippen molar-refractivity contribution in [3.63, 3.8) is 0 Å². The Hall–Kier alpha value is -2.78. The van der Waals surface area contributed by atoms with Gasteiger partial charge in [0.2, 0.25) is 10.0 Å². The third-order valence-electron chi connectivity index (χ3n) is 4.06. The third kappa shape index (κ3) is 4.05. The van der Waals surface area contributed by atoms with Gasteiger partial charge >= 0.3 is 0 Å². The maximum Gasteiger partial charge on any atom is 0.255 e. The summed E-state index contributed by atoms with van der Waals surface area (Å²) < 4.78 is 42.7. The van der Waals surface area contributed by atoms with Crippen LogP contribution in [-0.2, 0) is 10.0 Å². The largest absolute Gasteiger partial charge is 0.492 e. The summed E-state index contributed by atoms with van der Waals surface area (Å²) in [5.74, 6) is 0.924. The van der Waals surface area contributed by atoms with E-state index in [1.54, 1.807) is 31.2 Å². The first-order valence-electron chi connectivity index (χ1n) is 8.73. The minimum absolute atomic E-state index is 0.0145. The number of carbonyl (C=O) groups is 1. The Labute approximate surface area is 164 Å². The molecule has 1 amide bonds. The molecular formula is C19H22N2O6S. The molecule has 1 heterocycles. The van der Waals surface area contributed by atoms with Gasteiger partial charge in [0, 0.05) is 25.3 Å². The molecule has 0 unspecified atom stereocenters. The Balaban J connectivity index is 1.89. The number of sulfonamides is 1. The maximum absolute atomic E-state index is 12.6. The number of rotatable bonds is 6. The Kier molecular flexibility index (Phi) is 5.76. The molecule has 0 aromatic heterocycles. The smallest absolute Gasteiger partial charge is 0.255 e. The van der Waals surface area contributed by atoms with Crippen molar-refractivity contribution >= 4 is 21.6 Å². The van der Waals surface area contributed by atoms with Crippen LogP contribution in [0.2, 0.25) is 0 Å². The van der Waals surface area contributed by atoms with Crippen molar-refractivity contribution in [1.29, 1.82) is 0 Å². The number of benzene rings is 2. The number of nitrogens with one attached hydrogen (secondary N) is 1. The highest BCUT2D eigenvalue weighted by Gasteiger charge is 2.23. The minimum Gasteiger partial charge on any atom is -0.492 e. The number of fused-ring (bicyclic) bond motifs is 1. The van der Waals surface area contributed by atoms with Crippen LogP contribution < -0.4 is 19.5 Å². The molecule has 3 rings (SSSR count). The van der Waals surface area contributed by atoms with Crippen LogP contribution in [0.4, 0.5) is 5.69 Å². The molecule has 0 aliphatic carbocycles. The van der Waals surface area contributed by atoms with Gasteiger partial charge in [0.25, 0.3) is 5.91 Å². The Morgan fingerprint density at radius 1 is 1.11 bits per heavy atom. The molecule has 150 valence electrons. The van der Waals surface area contributed by atoms with Crippen LogP contribution in [0.5, 0.6) is 17.2 Å². The quantitative estimate of drug-likeness (QED) is 0.792. The lowest BCUT2D eigenvalue weighted by molar-refractivity contribution is 0.102. The summed E-state index contributed by atoms with van der Waals surface area (Å²) >= 11 is 0. The van der Waals surface area contributed by atoms with Crippen LogP contribution in [0.25, 0.3) is 0 Å². The van der Waals surface area contributed by atoms with E-state index >= 15 is 0 Å². The van der Waals surface area contributed by atoms with Gasteiger partial charge in [-0.15, -0.1) is 0 Å². The molecule has 0 atom stereocenters. The van der Waals surface area contributed by atoms with E-state index in [0.29, 0.717) is 42.6 Å². The van der Waals surface area contributed by atoms with Gasteiger partial charge in [-0.2, -0.15) is 0 Å². The minimum atomic E-state index is -3.74. The van der Waals surface area contributed by atoms with Gasteiger partial charge in [-0.1, -0.05) is 0 Å². The summed E-state index contributed by atoms with van der Waals surface area (Å²) in [6, 6.07) is 9.39. The molecule has 1 N–H and O–H groups in total. The van der Waals surface area contributed by atoms with Gasteiger partial charge in [-0.25, -0.2) is 12.7 Å². The number of ether oxygens (including phenoxy) is 3. The molecule has 0 fully saturated rings. The van der Waals surface area contributed by atoms with Crippen LogP contribution in [0.1, 0.15) is 17.3 Å². The molecule has 1 aliphatic rings. The van der Waals surface area contributed by atoms with Gasteiger partial charge in [-0.3, -0.25) is 4.79 Å². The third-order valence-corrected chi connectivity index (χ3v) is 5.90. The van der Waals surface area contributed by atoms with Crippen LogP contribution in [0, 0.1) is 0 Å². The second-order valence-corrected chi connectivity index (χ2v) is 8.31. The molecule has 0 saturated heterocycles. The Morgan fingerprint density at radius 2 is 1.82 bits per heavy atom. The van der Waals surface area contributed by atoms with Crippen molar-refractivity contribution in [2.75, 3.05) is 39.2 Å². The highest BCUT2D eigenvalue weighted by atomic mass is 32.2. The topological polar surface area (TPSA) is 94.2 Å². The van der Waals surface area contributed by atoms with Crippen molar-refractivity contribution in [2.24, 2.45) is 0 Å². The zero-order chi connectivity index (χ0) is 20.3. The lowest BCUT2D eigenvalue weighted by Crippen LogP contribution is -2.23. The number of amides is 1. The second-order valence-electron chi connectivity index (χ2n) is 6.19. The van der Waals surface area contributed by atoms with Crippen LogP contribution in [0.15, 0.2) is 41.3 Å². The van der Waals surface area contributed by atoms with E-state index in [2.05, 4.69) is 5.32 Å². The average Bonchev–Trinajstić information content (AvgIpc) is 2.68. The van der Waals surface area contributed by atoms with Gasteiger partial charge in [0.05, 0.1) is 6.61 Å². The van der Waals surface area contributed by atoms with E-state index in [-0.39, 0.29) is 10.6 Å². The maximum atomic E-state index is 12.6. The fourth-order valence-corrected chi connectivity index (χ4v) is 3.70. The first kappa shape index (κ1) is 20.0. The summed E-state index contributed by atoms with van der Waals surface area (Å²) in [5.41, 5.74) is 0.707. The normalized spacial score (nSPS) is 13.3. The van der Waals surface area contributed by atoms with E-state index in [1.165, 1.54) is 26.2 Å². The monoisotopic (exact) mass is 406 g/mol. The average molecular weight is 406 g/mol. The van der Waals surface area contributed by atoms with E-state index in [1.807, 2.05) is 0 Å². The zero-order valence-electron chi connectivity index (χ0n) is 15.9. The molecule has 0 saturated carbocycles. The van der Waals surface area contributed by atoms with E-state index in [9.17, 15) is 13.2 Å². The van der Waals surface area contributed by atoms with E-state index in [0.717, 1.165) is 4.31 Å². The summed E-state index contributed by atoms with van der Waals surface area (Å²) in [6.45, 7) is 2.97. The summed E-state index contributed by atoms with van der Waals surface area (Å²) in [6.07, 6.45) is 0. The molecule has 2 aromatic carbocycles. The number of hydrogen-bond donors (Lipinski definition) is 1. The summed E-state index contributed by atoms with van der Waals surface area (Å²) in [7, 11) is -0.872. The van der Waals surface area contributed by atoms with E-state index in [4.69, 9.17) is 14.2 Å². The highest BCUT2D eigenvalue weighted by Crippen LogP contribution is 2.32. The lowest BCUT2D eigenvalue weighted by Gasteiger charge is -2.19. The predicted octanol–water partition coefficient (Wildman–Crippen LogP) is 2.36. The molecule has 8 nitrogen and oxygen atoms in total. The van der Waals surface area contributed by atoms with Crippen LogP contribution in [-0.4, -0.2) is 52.5 Å². The first-order valence-corrected chi connectivity index (χ1v) is 10.2. The zero-order valence-corrected chi connectivity index (χ0v) is 16.7. The van der Waals surface area contributed by atoms with Crippen molar-refractivity contribution < 1.29 is 27.4 Å². The fraction of sp³-hybridized carbons (Fsp3) is 0.316. The number of nitrogens with zero attached hydrogens (tertiary/aromatic N) is 1. The standard InChI is InChI=1S/C19H22N2O6S/c1-4-25-16-8-6-14(12-18(16)28(23,24)21(2)3)20-19(22)13-5-7-15-17(11-13)27-10-9-26-15/h5-8,11-12H,4,9-10H2,1-3H3,(H,20,22). The van der Waals surface area contributed by atoms with Crippen LogP contribution >= 0.6 is 0 Å². The Bertz CT molecular complexity index is 988. The number of carbonyl (C=O) groups excluding carboxylic acids is 1. The number of hydrogen-bond acceptors (Lipinski definition) is 6. The van der Waals surface area contributed by atoms with Crippen LogP contribution in [0.3, 0.4) is 0 Å². The highest BCUT2D eigenvalue weighted by molar-refractivity contribution is 7.89. The fourth-order valence-electron chi connectivity index (χ4n) is 2.65. The van der Waals surface area contributed by atoms with E-state index < -0.39 is 15.9 Å². The molecule has 0 bridgehead atoms. The molecule has 2 aromatic rings. The van der Waals surface area contributed by atoms with Crippen molar-refractivity contribution in [1.82, 2.24) is 4.31 Å². The summed E-state index contributed by atoms with van der Waals surface area (Å²) in [5, 5.41) is 2.71. The van der Waals surface area contributed by atoms with Gasteiger partial charge in [0.1, 0.15) is 23.9 Å². The SMILES string of the molecule is CCOc1ccc(NC(=O)c2ccc3c(c2)OCCO3)cc1S(=O)(=O)N(C)C. The molecule has 1 aliphatic heterocycles. The number of anilines is 1. The van der Waals surface area contributed by atoms with Crippen molar-refractivity contribution in [3.05, 3.63) is 42.0 Å². The molecule has 9 heteroatoms. The van der Waals surface area contributed by atoms with Gasteiger partial charge in [0.15, 0.2) is 11.5 Å². The first-order chi connectivity index (χ1) is 13.3. The summed E-state index contributed by atoms with van der Waals surface area (Å²) in [4.78, 5) is 12.6. The van der Waals surface area contributed by atoms with Gasteiger partial charge < -0.3 is 19.5 Å². The van der Waals surface area contributed by atoms with Crippen molar-refractivity contribution in [2.45, 2.75) is 11.8 Å². The van der Waals surface area contributed by atoms with Crippen molar-refractivity contribution in [3.8, 4) is 17.2 Å². The molecule has 0 radical (unpaired) electrons. The van der Waals surface area contributed by atoms with Gasteiger partial charge in [-0.05, 0) is 43.3 Å². The molecule has 28 heavy (non-hydrogen) atoms.